The van der Waals surface area contributed by atoms with Gasteiger partial charge in [-0.3, -0.25) is 4.79 Å². The van der Waals surface area contributed by atoms with Gasteiger partial charge in [0, 0.05) is 13.0 Å². The average Bonchev–Trinajstić information content (AvgIpc) is 2.56. The van der Waals surface area contributed by atoms with Gasteiger partial charge in [-0.2, -0.15) is 0 Å². The molecule has 0 aliphatic carbocycles. The van der Waals surface area contributed by atoms with E-state index in [9.17, 15) is 9.90 Å². The van der Waals surface area contributed by atoms with E-state index in [4.69, 9.17) is 4.74 Å². The fraction of sp³-hybridized carbons (Fsp3) is 0.526. The van der Waals surface area contributed by atoms with Crippen molar-refractivity contribution in [2.24, 2.45) is 5.92 Å². The number of nitrogens with one attached hydrogen (secondary N) is 1. The van der Waals surface area contributed by atoms with Crippen molar-refractivity contribution in [2.45, 2.75) is 52.5 Å². The molecule has 0 fully saturated rings. The summed E-state index contributed by atoms with van der Waals surface area (Å²) < 4.78 is 5.05. The van der Waals surface area contributed by atoms with Crippen LogP contribution in [-0.2, 0) is 11.3 Å². The highest BCUT2D eigenvalue weighted by atomic mass is 16.5. The maximum Gasteiger partial charge on any atom is 0.220 e. The SMILES string of the molecule is CC[C@@H](C)C=CCCCCC(=O)NCc1ccc(O)c(OC)c1. The van der Waals surface area contributed by atoms with Crippen LogP contribution < -0.4 is 10.1 Å². The van der Waals surface area contributed by atoms with E-state index in [1.54, 1.807) is 18.2 Å². The average molecular weight is 319 g/mol. The number of amides is 1. The van der Waals surface area contributed by atoms with E-state index in [0.29, 0.717) is 24.6 Å². The molecule has 1 amide bonds. The molecule has 23 heavy (non-hydrogen) atoms. The van der Waals surface area contributed by atoms with Gasteiger partial charge in [-0.15, -0.1) is 0 Å². The first kappa shape index (κ1) is 19.1. The van der Waals surface area contributed by atoms with Gasteiger partial charge in [0.25, 0.3) is 0 Å². The van der Waals surface area contributed by atoms with Crippen LogP contribution in [0.2, 0.25) is 0 Å². The van der Waals surface area contributed by atoms with Crippen molar-refractivity contribution in [3.05, 3.63) is 35.9 Å². The lowest BCUT2D eigenvalue weighted by Gasteiger charge is -2.08. The highest BCUT2D eigenvalue weighted by Gasteiger charge is 2.05. The molecule has 128 valence electrons. The molecule has 0 bridgehead atoms. The van der Waals surface area contributed by atoms with Crippen molar-refractivity contribution in [2.75, 3.05) is 7.11 Å². The van der Waals surface area contributed by atoms with E-state index in [-0.39, 0.29) is 11.7 Å². The van der Waals surface area contributed by atoms with Gasteiger partial charge in [0.1, 0.15) is 0 Å². The van der Waals surface area contributed by atoms with Crippen LogP contribution in [0.15, 0.2) is 30.4 Å². The Morgan fingerprint density at radius 2 is 2.17 bits per heavy atom. The number of hydrogen-bond acceptors (Lipinski definition) is 3. The highest BCUT2D eigenvalue weighted by Crippen LogP contribution is 2.26. The van der Waals surface area contributed by atoms with Gasteiger partial charge in [-0.05, 0) is 42.9 Å². The zero-order chi connectivity index (χ0) is 17.1. The van der Waals surface area contributed by atoms with Crippen LogP contribution in [0.3, 0.4) is 0 Å². The smallest absolute Gasteiger partial charge is 0.220 e. The van der Waals surface area contributed by atoms with Crippen LogP contribution >= 0.6 is 0 Å². The van der Waals surface area contributed by atoms with Gasteiger partial charge in [-0.25, -0.2) is 0 Å². The molecule has 4 nitrogen and oxygen atoms in total. The summed E-state index contributed by atoms with van der Waals surface area (Å²) in [6.45, 7) is 4.84. The van der Waals surface area contributed by atoms with Gasteiger partial charge >= 0.3 is 0 Å². The second kappa shape index (κ2) is 10.7. The number of rotatable bonds is 10. The predicted molar refractivity (Wildman–Crippen MR) is 93.6 cm³/mol. The molecule has 0 unspecified atom stereocenters. The van der Waals surface area contributed by atoms with E-state index in [2.05, 4.69) is 31.3 Å². The second-order valence-electron chi connectivity index (χ2n) is 5.84. The van der Waals surface area contributed by atoms with Crippen molar-refractivity contribution < 1.29 is 14.6 Å². The van der Waals surface area contributed by atoms with Gasteiger partial charge in [-0.1, -0.05) is 38.5 Å². The quantitative estimate of drug-likeness (QED) is 0.502. The molecule has 1 aromatic rings. The molecule has 0 radical (unpaired) electrons. The summed E-state index contributed by atoms with van der Waals surface area (Å²) in [6, 6.07) is 5.08. The summed E-state index contributed by atoms with van der Waals surface area (Å²) in [5, 5.41) is 12.4. The van der Waals surface area contributed by atoms with Gasteiger partial charge in [0.05, 0.1) is 7.11 Å². The number of unbranched alkanes of at least 4 members (excludes halogenated alkanes) is 2. The van der Waals surface area contributed by atoms with Crippen LogP contribution in [0.25, 0.3) is 0 Å². The molecule has 1 aromatic carbocycles. The van der Waals surface area contributed by atoms with Crippen molar-refractivity contribution >= 4 is 5.91 Å². The molecule has 4 heteroatoms. The number of phenols is 1. The van der Waals surface area contributed by atoms with E-state index in [0.717, 1.165) is 24.8 Å². The maximum absolute atomic E-state index is 11.8. The Kier molecular flexibility index (Phi) is 8.88. The standard InChI is InChI=1S/C19H29NO3/c1-4-15(2)9-7-5-6-8-10-19(22)20-14-16-11-12-17(21)18(13-16)23-3/h7,9,11-13,15,21H,4-6,8,10,14H2,1-3H3,(H,20,22)/t15-/m1/s1. The predicted octanol–water partition coefficient (Wildman–Crippen LogP) is 4.18. The number of methoxy groups -OCH3 is 1. The third-order valence-electron chi connectivity index (χ3n) is 3.87. The Hall–Kier alpha value is -1.97. The number of carbonyl (C=O) groups is 1. The molecule has 0 spiro atoms. The largest absolute Gasteiger partial charge is 0.504 e. The molecular weight excluding hydrogens is 290 g/mol. The number of aromatic hydroxyl groups is 1. The minimum absolute atomic E-state index is 0.0583. The first-order valence-corrected chi connectivity index (χ1v) is 8.36. The minimum Gasteiger partial charge on any atom is -0.504 e. The van der Waals surface area contributed by atoms with E-state index >= 15 is 0 Å². The van der Waals surface area contributed by atoms with Crippen LogP contribution in [0.4, 0.5) is 0 Å². The van der Waals surface area contributed by atoms with E-state index in [1.807, 2.05) is 0 Å². The van der Waals surface area contributed by atoms with Crippen molar-refractivity contribution in [1.82, 2.24) is 5.32 Å². The summed E-state index contributed by atoms with van der Waals surface area (Å²) in [5.41, 5.74) is 0.907. The molecule has 0 saturated heterocycles. The van der Waals surface area contributed by atoms with Crippen LogP contribution in [0, 0.1) is 5.92 Å². The summed E-state index contributed by atoms with van der Waals surface area (Å²) in [5.74, 6) is 1.22. The lowest BCUT2D eigenvalue weighted by Crippen LogP contribution is -2.22. The third kappa shape index (κ3) is 7.73. The Morgan fingerprint density at radius 1 is 1.39 bits per heavy atom. The minimum atomic E-state index is 0.0583. The second-order valence-corrected chi connectivity index (χ2v) is 5.84. The maximum atomic E-state index is 11.8. The molecule has 1 rings (SSSR count). The zero-order valence-electron chi connectivity index (χ0n) is 14.5. The highest BCUT2D eigenvalue weighted by molar-refractivity contribution is 5.75. The topological polar surface area (TPSA) is 58.6 Å². The van der Waals surface area contributed by atoms with E-state index in [1.165, 1.54) is 13.5 Å². The Morgan fingerprint density at radius 3 is 2.87 bits per heavy atom. The lowest BCUT2D eigenvalue weighted by molar-refractivity contribution is -0.121. The fourth-order valence-corrected chi connectivity index (χ4v) is 2.13. The number of hydrogen-bond donors (Lipinski definition) is 2. The zero-order valence-corrected chi connectivity index (χ0v) is 14.5. The van der Waals surface area contributed by atoms with Crippen LogP contribution in [-0.4, -0.2) is 18.1 Å². The number of ether oxygens (including phenoxy) is 1. The third-order valence-corrected chi connectivity index (χ3v) is 3.87. The Bertz CT molecular complexity index is 511. The van der Waals surface area contributed by atoms with Crippen LogP contribution in [0.1, 0.15) is 51.5 Å². The first-order valence-electron chi connectivity index (χ1n) is 8.36. The number of allylic oxidation sites excluding steroid dienone is 2. The van der Waals surface area contributed by atoms with Gasteiger partial charge in [0.15, 0.2) is 11.5 Å². The fourth-order valence-electron chi connectivity index (χ4n) is 2.13. The molecule has 0 heterocycles. The summed E-state index contributed by atoms with van der Waals surface area (Å²) >= 11 is 0. The van der Waals surface area contributed by atoms with Gasteiger partial charge in [0.2, 0.25) is 5.91 Å². The molecule has 2 N–H and O–H groups in total. The number of carbonyl (C=O) groups excluding carboxylic acids is 1. The van der Waals surface area contributed by atoms with Crippen molar-refractivity contribution in [1.29, 1.82) is 0 Å². The molecule has 0 aliphatic rings. The van der Waals surface area contributed by atoms with Gasteiger partial charge < -0.3 is 15.2 Å². The Labute approximate surface area is 139 Å². The summed E-state index contributed by atoms with van der Waals surface area (Å²) in [7, 11) is 1.51. The normalized spacial score (nSPS) is 12.3. The molecule has 0 aromatic heterocycles. The van der Waals surface area contributed by atoms with E-state index < -0.39 is 0 Å². The monoisotopic (exact) mass is 319 g/mol. The van der Waals surface area contributed by atoms with Crippen LogP contribution in [0.5, 0.6) is 11.5 Å². The first-order chi connectivity index (χ1) is 11.1. The Balaban J connectivity index is 2.21. The summed E-state index contributed by atoms with van der Waals surface area (Å²) in [6.07, 6.45) is 9.15. The number of benzene rings is 1. The number of phenolic OH excluding ortho intramolecular Hbond substituents is 1. The van der Waals surface area contributed by atoms with Crippen molar-refractivity contribution in [3.63, 3.8) is 0 Å². The lowest BCUT2D eigenvalue weighted by atomic mass is 10.1. The molecule has 0 aliphatic heterocycles. The summed E-state index contributed by atoms with van der Waals surface area (Å²) in [4.78, 5) is 11.8. The molecule has 0 saturated carbocycles. The molecular formula is C19H29NO3. The molecule has 1 atom stereocenters. The van der Waals surface area contributed by atoms with Crippen molar-refractivity contribution in [3.8, 4) is 11.5 Å².